The molecule has 1 amide bonds. The number of nitrogens with one attached hydrogen (secondary N) is 1. The van der Waals surface area contributed by atoms with Crippen molar-refractivity contribution in [2.45, 2.75) is 75.8 Å². The van der Waals surface area contributed by atoms with Crippen molar-refractivity contribution < 1.29 is 9.53 Å². The van der Waals surface area contributed by atoms with E-state index in [1.54, 1.807) is 0 Å². The number of rotatable bonds is 4. The lowest BCUT2D eigenvalue weighted by Crippen LogP contribution is -2.57. The SMILES string of the molecule is CC(C)NC1(C(N)=O)CCC(N2CC3CCC(C2)O3)C1. The van der Waals surface area contributed by atoms with Gasteiger partial charge in [0.15, 0.2) is 0 Å². The predicted octanol–water partition coefficient (Wildman–Crippen LogP) is 0.624. The van der Waals surface area contributed by atoms with Gasteiger partial charge >= 0.3 is 0 Å². The van der Waals surface area contributed by atoms with E-state index < -0.39 is 5.54 Å². The monoisotopic (exact) mass is 281 g/mol. The minimum absolute atomic E-state index is 0.190. The summed E-state index contributed by atoms with van der Waals surface area (Å²) in [5.74, 6) is -0.190. The molecule has 3 rings (SSSR count). The number of amides is 1. The first-order valence-electron chi connectivity index (χ1n) is 7.95. The normalized spacial score (nSPS) is 41.5. The molecule has 0 aromatic rings. The summed E-state index contributed by atoms with van der Waals surface area (Å²) in [6.07, 6.45) is 5.98. The highest BCUT2D eigenvalue weighted by atomic mass is 16.5. The zero-order valence-electron chi connectivity index (χ0n) is 12.6. The zero-order chi connectivity index (χ0) is 14.3. The Hall–Kier alpha value is -0.650. The standard InChI is InChI=1S/C15H27N3O2/c1-10(2)17-15(14(16)19)6-5-11(7-15)18-8-12-3-4-13(9-18)20-12/h10-13,17H,3-9H2,1-2H3,(H2,16,19). The number of hydrogen-bond acceptors (Lipinski definition) is 4. The fraction of sp³-hybridized carbons (Fsp3) is 0.933. The number of carbonyl (C=O) groups excluding carboxylic acids is 1. The highest BCUT2D eigenvalue weighted by Gasteiger charge is 2.47. The molecule has 5 heteroatoms. The number of hydrogen-bond donors (Lipinski definition) is 2. The second-order valence-corrected chi connectivity index (χ2v) is 7.05. The summed E-state index contributed by atoms with van der Waals surface area (Å²) < 4.78 is 5.90. The van der Waals surface area contributed by atoms with Crippen molar-refractivity contribution >= 4 is 5.91 Å². The van der Waals surface area contributed by atoms with Gasteiger partial charge in [0, 0.05) is 25.2 Å². The van der Waals surface area contributed by atoms with Crippen LogP contribution in [0.25, 0.3) is 0 Å². The van der Waals surface area contributed by atoms with E-state index in [9.17, 15) is 4.79 Å². The summed E-state index contributed by atoms with van der Waals surface area (Å²) in [7, 11) is 0. The van der Waals surface area contributed by atoms with E-state index in [2.05, 4.69) is 24.1 Å². The first-order valence-corrected chi connectivity index (χ1v) is 7.95. The lowest BCUT2D eigenvalue weighted by atomic mass is 9.95. The summed E-state index contributed by atoms with van der Waals surface area (Å²) in [5, 5.41) is 3.43. The van der Waals surface area contributed by atoms with Gasteiger partial charge in [-0.1, -0.05) is 0 Å². The van der Waals surface area contributed by atoms with Crippen LogP contribution in [0, 0.1) is 0 Å². The van der Waals surface area contributed by atoms with Gasteiger partial charge in [-0.2, -0.15) is 0 Å². The molecular weight excluding hydrogens is 254 g/mol. The number of nitrogens with zero attached hydrogens (tertiary/aromatic N) is 1. The van der Waals surface area contributed by atoms with Crippen LogP contribution in [-0.2, 0) is 9.53 Å². The van der Waals surface area contributed by atoms with Gasteiger partial charge in [-0.15, -0.1) is 0 Å². The van der Waals surface area contributed by atoms with E-state index in [1.165, 1.54) is 12.8 Å². The maximum absolute atomic E-state index is 11.9. The molecule has 4 unspecified atom stereocenters. The third-order valence-electron chi connectivity index (χ3n) is 5.11. The van der Waals surface area contributed by atoms with E-state index in [1.807, 2.05) is 0 Å². The van der Waals surface area contributed by atoms with Crippen LogP contribution in [0.1, 0.15) is 46.0 Å². The molecule has 0 spiro atoms. The molecule has 0 aromatic carbocycles. The van der Waals surface area contributed by atoms with Crippen LogP contribution < -0.4 is 11.1 Å². The van der Waals surface area contributed by atoms with Crippen LogP contribution in [0.4, 0.5) is 0 Å². The van der Waals surface area contributed by atoms with Crippen molar-refractivity contribution in [3.8, 4) is 0 Å². The fourth-order valence-corrected chi connectivity index (χ4v) is 4.25. The Balaban J connectivity index is 1.67. The first-order chi connectivity index (χ1) is 9.48. The number of primary amides is 1. The summed E-state index contributed by atoms with van der Waals surface area (Å²) >= 11 is 0. The largest absolute Gasteiger partial charge is 0.372 e. The molecule has 2 bridgehead atoms. The van der Waals surface area contributed by atoms with Crippen molar-refractivity contribution in [3.05, 3.63) is 0 Å². The molecule has 2 heterocycles. The van der Waals surface area contributed by atoms with E-state index >= 15 is 0 Å². The Morgan fingerprint density at radius 2 is 1.95 bits per heavy atom. The first kappa shape index (κ1) is 14.3. The molecular formula is C15H27N3O2. The van der Waals surface area contributed by atoms with Crippen LogP contribution in [-0.4, -0.2) is 53.7 Å². The number of nitrogens with two attached hydrogens (primary N) is 1. The summed E-state index contributed by atoms with van der Waals surface area (Å²) in [5.41, 5.74) is 5.19. The van der Waals surface area contributed by atoms with Gasteiger partial charge in [-0.3, -0.25) is 9.69 Å². The van der Waals surface area contributed by atoms with Crippen LogP contribution in [0.2, 0.25) is 0 Å². The third-order valence-corrected chi connectivity index (χ3v) is 5.11. The lowest BCUT2D eigenvalue weighted by Gasteiger charge is -2.37. The molecule has 2 saturated heterocycles. The summed E-state index contributed by atoms with van der Waals surface area (Å²) in [4.78, 5) is 14.5. The number of likely N-dealkylation sites (tertiary alicyclic amines) is 1. The third kappa shape index (κ3) is 2.59. The van der Waals surface area contributed by atoms with Crippen LogP contribution in [0.3, 0.4) is 0 Å². The Morgan fingerprint density at radius 1 is 1.30 bits per heavy atom. The molecule has 0 radical (unpaired) electrons. The lowest BCUT2D eigenvalue weighted by molar-refractivity contribution is -0.124. The Morgan fingerprint density at radius 3 is 2.50 bits per heavy atom. The molecule has 0 aromatic heterocycles. The van der Waals surface area contributed by atoms with Gasteiger partial charge in [0.25, 0.3) is 0 Å². The van der Waals surface area contributed by atoms with Gasteiger partial charge in [0.2, 0.25) is 5.91 Å². The molecule has 20 heavy (non-hydrogen) atoms. The van der Waals surface area contributed by atoms with Crippen molar-refractivity contribution in [2.75, 3.05) is 13.1 Å². The summed E-state index contributed by atoms with van der Waals surface area (Å²) in [6.45, 7) is 6.20. The molecule has 2 aliphatic heterocycles. The van der Waals surface area contributed by atoms with E-state index in [0.29, 0.717) is 18.2 Å². The van der Waals surface area contributed by atoms with Crippen molar-refractivity contribution in [1.29, 1.82) is 0 Å². The fourth-order valence-electron chi connectivity index (χ4n) is 4.25. The van der Waals surface area contributed by atoms with Crippen molar-refractivity contribution in [3.63, 3.8) is 0 Å². The quantitative estimate of drug-likeness (QED) is 0.793. The number of ether oxygens (including phenoxy) is 1. The smallest absolute Gasteiger partial charge is 0.237 e. The highest BCUT2D eigenvalue weighted by Crippen LogP contribution is 2.37. The van der Waals surface area contributed by atoms with E-state index in [0.717, 1.165) is 32.4 Å². The predicted molar refractivity (Wildman–Crippen MR) is 77.3 cm³/mol. The van der Waals surface area contributed by atoms with Gasteiger partial charge in [0.05, 0.1) is 17.7 Å². The average molecular weight is 281 g/mol. The maximum atomic E-state index is 11.9. The molecule has 3 N–H and O–H groups in total. The number of morpholine rings is 1. The minimum Gasteiger partial charge on any atom is -0.372 e. The Labute approximate surface area is 121 Å². The van der Waals surface area contributed by atoms with Gasteiger partial charge in [-0.05, 0) is 46.0 Å². The van der Waals surface area contributed by atoms with E-state index in [4.69, 9.17) is 10.5 Å². The molecule has 1 aliphatic carbocycles. The molecule has 114 valence electrons. The zero-order valence-corrected chi connectivity index (χ0v) is 12.6. The molecule has 3 fully saturated rings. The van der Waals surface area contributed by atoms with Crippen LogP contribution >= 0.6 is 0 Å². The topological polar surface area (TPSA) is 67.6 Å². The van der Waals surface area contributed by atoms with Gasteiger partial charge in [-0.25, -0.2) is 0 Å². The van der Waals surface area contributed by atoms with Crippen molar-refractivity contribution in [2.24, 2.45) is 5.73 Å². The highest BCUT2D eigenvalue weighted by molar-refractivity contribution is 5.85. The molecule has 4 atom stereocenters. The minimum atomic E-state index is -0.504. The molecule has 3 aliphatic rings. The average Bonchev–Trinajstić information content (AvgIpc) is 2.94. The second kappa shape index (κ2) is 5.28. The second-order valence-electron chi connectivity index (χ2n) is 7.05. The van der Waals surface area contributed by atoms with Gasteiger partial charge in [0.1, 0.15) is 0 Å². The molecule has 5 nitrogen and oxygen atoms in total. The molecule has 1 saturated carbocycles. The van der Waals surface area contributed by atoms with Crippen molar-refractivity contribution in [1.82, 2.24) is 10.2 Å². The van der Waals surface area contributed by atoms with E-state index in [-0.39, 0.29) is 11.9 Å². The number of fused-ring (bicyclic) bond motifs is 2. The Bertz CT molecular complexity index is 375. The summed E-state index contributed by atoms with van der Waals surface area (Å²) in [6, 6.07) is 0.753. The number of carbonyl (C=O) groups is 1. The Kier molecular flexibility index (Phi) is 3.77. The van der Waals surface area contributed by atoms with Gasteiger partial charge < -0.3 is 15.8 Å². The van der Waals surface area contributed by atoms with Crippen LogP contribution in [0.15, 0.2) is 0 Å². The van der Waals surface area contributed by atoms with Crippen LogP contribution in [0.5, 0.6) is 0 Å². The maximum Gasteiger partial charge on any atom is 0.237 e.